The molecule has 0 spiro atoms. The maximum Gasteiger partial charge on any atom is 0.287 e. The first kappa shape index (κ1) is 11.6. The fourth-order valence-corrected chi connectivity index (χ4v) is 1.53. The quantitative estimate of drug-likeness (QED) is 0.840. The van der Waals surface area contributed by atoms with E-state index in [1.165, 1.54) is 10.9 Å². The van der Waals surface area contributed by atoms with E-state index in [0.29, 0.717) is 18.8 Å². The molecule has 0 atom stereocenters. The van der Waals surface area contributed by atoms with Gasteiger partial charge in [0, 0.05) is 19.8 Å². The van der Waals surface area contributed by atoms with Crippen LogP contribution in [0.2, 0.25) is 5.02 Å². The Labute approximate surface area is 102 Å². The van der Waals surface area contributed by atoms with Gasteiger partial charge in [-0.2, -0.15) is 5.10 Å². The van der Waals surface area contributed by atoms with Gasteiger partial charge in [0.15, 0.2) is 0 Å². The van der Waals surface area contributed by atoms with Crippen LogP contribution >= 0.6 is 11.6 Å². The second-order valence-corrected chi connectivity index (χ2v) is 3.77. The molecule has 0 bridgehead atoms. The first-order valence-electron chi connectivity index (χ1n) is 4.98. The van der Waals surface area contributed by atoms with Gasteiger partial charge in [-0.05, 0) is 0 Å². The Bertz CT molecular complexity index is 549. The lowest BCUT2D eigenvalue weighted by Crippen LogP contribution is -2.22. The number of nitrogens with one attached hydrogen (secondary N) is 1. The highest BCUT2D eigenvalue weighted by Crippen LogP contribution is 2.14. The van der Waals surface area contributed by atoms with E-state index < -0.39 is 0 Å². The zero-order chi connectivity index (χ0) is 12.3. The second-order valence-electron chi connectivity index (χ2n) is 3.39. The molecule has 0 aliphatic rings. The molecule has 0 unspecified atom stereocenters. The van der Waals surface area contributed by atoms with Gasteiger partial charge in [-0.3, -0.25) is 9.48 Å². The van der Waals surface area contributed by atoms with Gasteiger partial charge in [-0.1, -0.05) is 16.8 Å². The van der Waals surface area contributed by atoms with Crippen molar-refractivity contribution in [2.75, 3.05) is 11.9 Å². The van der Waals surface area contributed by atoms with Gasteiger partial charge < -0.3 is 5.32 Å². The van der Waals surface area contributed by atoms with Gasteiger partial charge in [-0.25, -0.2) is 4.68 Å². The number of anilines is 1. The van der Waals surface area contributed by atoms with Crippen LogP contribution in [0, 0.1) is 0 Å². The number of nitrogens with zero attached hydrogens (tertiary/aromatic N) is 5. The van der Waals surface area contributed by atoms with Crippen LogP contribution in [0.25, 0.3) is 0 Å². The van der Waals surface area contributed by atoms with Gasteiger partial charge in [0.05, 0.1) is 24.6 Å². The number of rotatable bonds is 4. The van der Waals surface area contributed by atoms with E-state index in [-0.39, 0.29) is 10.6 Å². The molecular weight excluding hydrogens is 244 g/mol. The van der Waals surface area contributed by atoms with E-state index in [4.69, 9.17) is 11.6 Å². The molecule has 0 radical (unpaired) electrons. The molecule has 0 fully saturated rings. The first-order valence-corrected chi connectivity index (χ1v) is 5.36. The second kappa shape index (κ2) is 4.96. The molecule has 0 aliphatic carbocycles. The van der Waals surface area contributed by atoms with Crippen molar-refractivity contribution in [3.05, 3.63) is 34.0 Å². The van der Waals surface area contributed by atoms with Crippen LogP contribution in [-0.2, 0) is 13.6 Å². The Balaban J connectivity index is 2.00. The third-order valence-corrected chi connectivity index (χ3v) is 2.57. The summed E-state index contributed by atoms with van der Waals surface area (Å²) >= 11 is 5.89. The van der Waals surface area contributed by atoms with Crippen LogP contribution in [-0.4, -0.2) is 31.3 Å². The average molecular weight is 255 g/mol. The molecule has 0 aliphatic heterocycles. The normalized spacial score (nSPS) is 10.5. The third-order valence-electron chi connectivity index (χ3n) is 2.21. The van der Waals surface area contributed by atoms with Crippen molar-refractivity contribution in [2.45, 2.75) is 6.54 Å². The topological polar surface area (TPSA) is 77.6 Å². The van der Waals surface area contributed by atoms with Crippen molar-refractivity contribution >= 4 is 17.3 Å². The highest BCUT2D eigenvalue weighted by atomic mass is 35.5. The fourth-order valence-electron chi connectivity index (χ4n) is 1.29. The number of aryl methyl sites for hydroxylation is 1. The van der Waals surface area contributed by atoms with Gasteiger partial charge in [-0.15, -0.1) is 5.10 Å². The standard InChI is InChI=1S/C9H11ClN6O/c1-15-9(17)8(10)7(6-13-15)11-2-4-16-5-3-12-14-16/h3,5-6,11H,2,4H2,1H3. The number of hydrogen-bond acceptors (Lipinski definition) is 5. The van der Waals surface area contributed by atoms with E-state index in [1.807, 2.05) is 0 Å². The summed E-state index contributed by atoms with van der Waals surface area (Å²) in [6.07, 6.45) is 4.88. The van der Waals surface area contributed by atoms with E-state index in [9.17, 15) is 4.79 Å². The maximum absolute atomic E-state index is 11.5. The molecule has 17 heavy (non-hydrogen) atoms. The summed E-state index contributed by atoms with van der Waals surface area (Å²) in [5.74, 6) is 0. The zero-order valence-corrected chi connectivity index (χ0v) is 9.92. The summed E-state index contributed by atoms with van der Waals surface area (Å²) in [7, 11) is 1.55. The Morgan fingerprint density at radius 1 is 1.53 bits per heavy atom. The van der Waals surface area contributed by atoms with E-state index in [0.717, 1.165) is 0 Å². The fraction of sp³-hybridized carbons (Fsp3) is 0.333. The van der Waals surface area contributed by atoms with Crippen molar-refractivity contribution in [1.29, 1.82) is 0 Å². The van der Waals surface area contributed by atoms with E-state index in [2.05, 4.69) is 20.7 Å². The molecule has 0 saturated heterocycles. The lowest BCUT2D eigenvalue weighted by Gasteiger charge is -2.07. The zero-order valence-electron chi connectivity index (χ0n) is 9.17. The van der Waals surface area contributed by atoms with Crippen LogP contribution in [0.15, 0.2) is 23.4 Å². The third kappa shape index (κ3) is 2.62. The van der Waals surface area contributed by atoms with Crippen molar-refractivity contribution in [1.82, 2.24) is 24.8 Å². The number of hydrogen-bond donors (Lipinski definition) is 1. The van der Waals surface area contributed by atoms with Crippen molar-refractivity contribution < 1.29 is 0 Å². The molecule has 1 N–H and O–H groups in total. The van der Waals surface area contributed by atoms with E-state index >= 15 is 0 Å². The molecular formula is C9H11ClN6O. The summed E-state index contributed by atoms with van der Waals surface area (Å²) in [6, 6.07) is 0. The predicted molar refractivity (Wildman–Crippen MR) is 63.0 cm³/mol. The summed E-state index contributed by atoms with van der Waals surface area (Å²) in [4.78, 5) is 11.5. The van der Waals surface area contributed by atoms with Crippen molar-refractivity contribution in [2.24, 2.45) is 7.05 Å². The SMILES string of the molecule is Cn1ncc(NCCn2ccnn2)c(Cl)c1=O. The molecule has 8 heteroatoms. The largest absolute Gasteiger partial charge is 0.381 e. The lowest BCUT2D eigenvalue weighted by atomic mass is 10.4. The van der Waals surface area contributed by atoms with E-state index in [1.54, 1.807) is 24.1 Å². The molecule has 0 saturated carbocycles. The maximum atomic E-state index is 11.5. The molecule has 7 nitrogen and oxygen atoms in total. The molecule has 2 heterocycles. The van der Waals surface area contributed by atoms with Crippen molar-refractivity contribution in [3.63, 3.8) is 0 Å². The van der Waals surface area contributed by atoms with Gasteiger partial charge in [0.25, 0.3) is 5.56 Å². The van der Waals surface area contributed by atoms with Crippen molar-refractivity contribution in [3.8, 4) is 0 Å². The Morgan fingerprint density at radius 3 is 3.06 bits per heavy atom. The van der Waals surface area contributed by atoms with Gasteiger partial charge >= 0.3 is 0 Å². The first-order chi connectivity index (χ1) is 8.18. The average Bonchev–Trinajstić information content (AvgIpc) is 2.82. The molecule has 2 rings (SSSR count). The monoisotopic (exact) mass is 254 g/mol. The summed E-state index contributed by atoms with van der Waals surface area (Å²) in [5, 5.41) is 14.5. The minimum Gasteiger partial charge on any atom is -0.381 e. The molecule has 90 valence electrons. The Kier molecular flexibility index (Phi) is 3.38. The highest BCUT2D eigenvalue weighted by Gasteiger charge is 2.06. The Hall–Kier alpha value is -1.89. The minimum atomic E-state index is -0.322. The summed E-state index contributed by atoms with van der Waals surface area (Å²) in [5.41, 5.74) is 0.201. The highest BCUT2D eigenvalue weighted by molar-refractivity contribution is 6.32. The summed E-state index contributed by atoms with van der Waals surface area (Å²) < 4.78 is 2.86. The minimum absolute atomic E-state index is 0.140. The molecule has 0 aromatic carbocycles. The molecule has 2 aromatic heterocycles. The Morgan fingerprint density at radius 2 is 2.35 bits per heavy atom. The van der Waals surface area contributed by atoms with Crippen LogP contribution < -0.4 is 10.9 Å². The van der Waals surface area contributed by atoms with Crippen LogP contribution in [0.5, 0.6) is 0 Å². The lowest BCUT2D eigenvalue weighted by molar-refractivity contribution is 0.608. The number of aromatic nitrogens is 5. The predicted octanol–water partition coefficient (Wildman–Crippen LogP) is 0.137. The molecule has 0 amide bonds. The van der Waals surface area contributed by atoms with Crippen LogP contribution in [0.4, 0.5) is 5.69 Å². The number of halogens is 1. The summed E-state index contributed by atoms with van der Waals surface area (Å²) in [6.45, 7) is 1.21. The molecule has 2 aromatic rings. The van der Waals surface area contributed by atoms with Gasteiger partial charge in [0.2, 0.25) is 0 Å². The van der Waals surface area contributed by atoms with Gasteiger partial charge in [0.1, 0.15) is 5.02 Å². The smallest absolute Gasteiger partial charge is 0.287 e. The van der Waals surface area contributed by atoms with Crippen LogP contribution in [0.1, 0.15) is 0 Å². The van der Waals surface area contributed by atoms with Crippen LogP contribution in [0.3, 0.4) is 0 Å².